The number of aryl methyl sites for hydroxylation is 1. The summed E-state index contributed by atoms with van der Waals surface area (Å²) in [6, 6.07) is 8.53. The molecule has 94 valence electrons. The van der Waals surface area contributed by atoms with Crippen LogP contribution in [-0.4, -0.2) is 29.2 Å². The van der Waals surface area contributed by atoms with Gasteiger partial charge in [0.2, 0.25) is 0 Å². The van der Waals surface area contributed by atoms with Crippen molar-refractivity contribution in [3.8, 4) is 0 Å². The van der Waals surface area contributed by atoms with Gasteiger partial charge in [0.15, 0.2) is 0 Å². The van der Waals surface area contributed by atoms with Crippen molar-refractivity contribution < 1.29 is 0 Å². The summed E-state index contributed by atoms with van der Waals surface area (Å²) in [7, 11) is 0. The molecule has 1 aliphatic heterocycles. The smallest absolute Gasteiger partial charge is 0.0945 e. The van der Waals surface area contributed by atoms with Crippen LogP contribution in [0.1, 0.15) is 6.42 Å². The molecule has 18 heavy (non-hydrogen) atoms. The standard InChI is InChI=1S/C14H18N4/c1-2-5-14-13(4-1)16-7-11-18(14)9-3-8-17-10-6-15-12-17/h1-2,4-6,10,12,16H,3,7-9,11H2. The molecule has 2 aromatic rings. The Morgan fingerprint density at radius 3 is 3.06 bits per heavy atom. The number of para-hydroxylation sites is 2. The number of hydrogen-bond acceptors (Lipinski definition) is 3. The second-order valence-electron chi connectivity index (χ2n) is 4.59. The molecule has 0 saturated heterocycles. The zero-order valence-electron chi connectivity index (χ0n) is 10.4. The van der Waals surface area contributed by atoms with Crippen LogP contribution in [0.15, 0.2) is 43.0 Å². The number of rotatable bonds is 4. The van der Waals surface area contributed by atoms with E-state index in [1.165, 1.54) is 11.4 Å². The number of aromatic nitrogens is 2. The first kappa shape index (κ1) is 11.1. The number of imidazole rings is 1. The fourth-order valence-electron chi connectivity index (χ4n) is 2.44. The van der Waals surface area contributed by atoms with Crippen molar-refractivity contribution in [1.29, 1.82) is 0 Å². The molecule has 0 spiro atoms. The summed E-state index contributed by atoms with van der Waals surface area (Å²) in [4.78, 5) is 6.52. The zero-order valence-corrected chi connectivity index (χ0v) is 10.4. The average Bonchev–Trinajstić information content (AvgIpc) is 2.92. The molecule has 0 unspecified atom stereocenters. The molecule has 0 atom stereocenters. The molecule has 0 aliphatic carbocycles. The summed E-state index contributed by atoms with van der Waals surface area (Å²) in [6.45, 7) is 4.24. The quantitative estimate of drug-likeness (QED) is 0.892. The minimum absolute atomic E-state index is 1.03. The molecule has 4 nitrogen and oxygen atoms in total. The Morgan fingerprint density at radius 2 is 2.17 bits per heavy atom. The number of nitrogens with one attached hydrogen (secondary N) is 1. The first-order chi connectivity index (χ1) is 8.93. The topological polar surface area (TPSA) is 33.1 Å². The first-order valence-electron chi connectivity index (χ1n) is 6.47. The van der Waals surface area contributed by atoms with Gasteiger partial charge in [0.05, 0.1) is 17.7 Å². The van der Waals surface area contributed by atoms with Gasteiger partial charge in [-0.1, -0.05) is 12.1 Å². The van der Waals surface area contributed by atoms with E-state index in [1.54, 1.807) is 0 Å². The van der Waals surface area contributed by atoms with E-state index in [2.05, 4.69) is 44.0 Å². The summed E-state index contributed by atoms with van der Waals surface area (Å²) < 4.78 is 2.13. The molecule has 0 bridgehead atoms. The van der Waals surface area contributed by atoms with Crippen LogP contribution in [0.3, 0.4) is 0 Å². The second-order valence-corrected chi connectivity index (χ2v) is 4.59. The number of nitrogens with zero attached hydrogens (tertiary/aromatic N) is 3. The van der Waals surface area contributed by atoms with E-state index < -0.39 is 0 Å². The molecule has 0 saturated carbocycles. The number of fused-ring (bicyclic) bond motifs is 1. The van der Waals surface area contributed by atoms with Gasteiger partial charge < -0.3 is 14.8 Å². The van der Waals surface area contributed by atoms with Crippen LogP contribution in [0, 0.1) is 0 Å². The predicted octanol–water partition coefficient (Wildman–Crippen LogP) is 2.21. The zero-order chi connectivity index (χ0) is 12.2. The van der Waals surface area contributed by atoms with Gasteiger partial charge in [-0.3, -0.25) is 0 Å². The first-order valence-corrected chi connectivity index (χ1v) is 6.47. The maximum absolute atomic E-state index is 4.06. The maximum atomic E-state index is 4.06. The lowest BCUT2D eigenvalue weighted by Gasteiger charge is -2.32. The normalized spacial score (nSPS) is 14.1. The second kappa shape index (κ2) is 5.12. The fraction of sp³-hybridized carbons (Fsp3) is 0.357. The third-order valence-corrected chi connectivity index (χ3v) is 3.35. The van der Waals surface area contributed by atoms with Crippen molar-refractivity contribution in [3.05, 3.63) is 43.0 Å². The van der Waals surface area contributed by atoms with Crippen LogP contribution in [0.4, 0.5) is 11.4 Å². The molecule has 0 radical (unpaired) electrons. The molecule has 1 aromatic carbocycles. The largest absolute Gasteiger partial charge is 0.382 e. The summed E-state index contributed by atoms with van der Waals surface area (Å²) in [5.74, 6) is 0. The molecule has 2 heterocycles. The van der Waals surface area contributed by atoms with Gasteiger partial charge in [-0.05, 0) is 18.6 Å². The summed E-state index contributed by atoms with van der Waals surface area (Å²) in [6.07, 6.45) is 6.88. The van der Waals surface area contributed by atoms with Crippen molar-refractivity contribution in [2.75, 3.05) is 29.9 Å². The Hall–Kier alpha value is -1.97. The molecular formula is C14H18N4. The number of anilines is 2. The van der Waals surface area contributed by atoms with Gasteiger partial charge in [0.25, 0.3) is 0 Å². The summed E-state index contributed by atoms with van der Waals surface area (Å²) >= 11 is 0. The van der Waals surface area contributed by atoms with Crippen molar-refractivity contribution in [1.82, 2.24) is 9.55 Å². The Bertz CT molecular complexity index is 492. The third kappa shape index (κ3) is 2.32. The van der Waals surface area contributed by atoms with E-state index in [1.807, 2.05) is 18.7 Å². The lowest BCUT2D eigenvalue weighted by molar-refractivity contribution is 0.621. The monoisotopic (exact) mass is 242 g/mol. The van der Waals surface area contributed by atoms with E-state index in [0.717, 1.165) is 32.6 Å². The van der Waals surface area contributed by atoms with E-state index in [-0.39, 0.29) is 0 Å². The highest BCUT2D eigenvalue weighted by Crippen LogP contribution is 2.28. The van der Waals surface area contributed by atoms with Gasteiger partial charge in [0.1, 0.15) is 0 Å². The van der Waals surface area contributed by atoms with Crippen LogP contribution < -0.4 is 10.2 Å². The molecule has 3 rings (SSSR count). The predicted molar refractivity (Wildman–Crippen MR) is 74.0 cm³/mol. The highest BCUT2D eigenvalue weighted by atomic mass is 15.2. The van der Waals surface area contributed by atoms with Crippen LogP contribution in [-0.2, 0) is 6.54 Å². The van der Waals surface area contributed by atoms with Crippen molar-refractivity contribution in [3.63, 3.8) is 0 Å². The van der Waals surface area contributed by atoms with Gasteiger partial charge in [-0.25, -0.2) is 4.98 Å². The average molecular weight is 242 g/mol. The molecule has 1 aromatic heterocycles. The van der Waals surface area contributed by atoms with Crippen LogP contribution in [0.5, 0.6) is 0 Å². The van der Waals surface area contributed by atoms with E-state index in [9.17, 15) is 0 Å². The van der Waals surface area contributed by atoms with E-state index in [0.29, 0.717) is 0 Å². The SMILES string of the molecule is c1ccc2c(c1)NCCN2CCCn1ccnc1. The van der Waals surface area contributed by atoms with Crippen molar-refractivity contribution >= 4 is 11.4 Å². The van der Waals surface area contributed by atoms with Gasteiger partial charge in [-0.2, -0.15) is 0 Å². The fourth-order valence-corrected chi connectivity index (χ4v) is 2.44. The Labute approximate surface area is 107 Å². The molecule has 1 N–H and O–H groups in total. The van der Waals surface area contributed by atoms with Crippen LogP contribution >= 0.6 is 0 Å². The van der Waals surface area contributed by atoms with E-state index in [4.69, 9.17) is 0 Å². The molecule has 1 aliphatic rings. The molecule has 0 amide bonds. The number of hydrogen-bond donors (Lipinski definition) is 1. The van der Waals surface area contributed by atoms with Crippen LogP contribution in [0.2, 0.25) is 0 Å². The Morgan fingerprint density at radius 1 is 1.22 bits per heavy atom. The van der Waals surface area contributed by atoms with Gasteiger partial charge in [-0.15, -0.1) is 0 Å². The van der Waals surface area contributed by atoms with Crippen molar-refractivity contribution in [2.24, 2.45) is 0 Å². The van der Waals surface area contributed by atoms with Crippen molar-refractivity contribution in [2.45, 2.75) is 13.0 Å². The summed E-state index contributed by atoms with van der Waals surface area (Å²) in [5, 5.41) is 3.44. The maximum Gasteiger partial charge on any atom is 0.0945 e. The molecular weight excluding hydrogens is 224 g/mol. The van der Waals surface area contributed by atoms with E-state index >= 15 is 0 Å². The minimum Gasteiger partial charge on any atom is -0.382 e. The van der Waals surface area contributed by atoms with Gasteiger partial charge in [0, 0.05) is 38.6 Å². The Balaban J connectivity index is 1.60. The molecule has 0 fully saturated rings. The van der Waals surface area contributed by atoms with Crippen LogP contribution in [0.25, 0.3) is 0 Å². The lowest BCUT2D eigenvalue weighted by Crippen LogP contribution is -2.34. The Kier molecular flexibility index (Phi) is 3.17. The number of benzene rings is 1. The highest BCUT2D eigenvalue weighted by molar-refractivity contribution is 5.71. The molecule has 4 heteroatoms. The third-order valence-electron chi connectivity index (χ3n) is 3.35. The van der Waals surface area contributed by atoms with Gasteiger partial charge >= 0.3 is 0 Å². The highest BCUT2D eigenvalue weighted by Gasteiger charge is 2.14. The minimum atomic E-state index is 1.03. The summed E-state index contributed by atoms with van der Waals surface area (Å²) in [5.41, 5.74) is 2.58. The lowest BCUT2D eigenvalue weighted by atomic mass is 10.2.